The smallest absolute Gasteiger partial charge is 0.337 e. The van der Waals surface area contributed by atoms with Crippen LogP contribution in [0.4, 0.5) is 0 Å². The maximum atomic E-state index is 12.1. The maximum Gasteiger partial charge on any atom is 0.337 e. The van der Waals surface area contributed by atoms with E-state index in [9.17, 15) is 20.4 Å². The first-order valence-electron chi connectivity index (χ1n) is 10.0. The summed E-state index contributed by atoms with van der Waals surface area (Å²) in [5.41, 5.74) is 5.74. The summed E-state index contributed by atoms with van der Waals surface area (Å²) in [5.74, 6) is -1.27. The zero-order valence-electron chi connectivity index (χ0n) is 17.1. The van der Waals surface area contributed by atoms with Crippen LogP contribution in [0.15, 0.2) is 69.8 Å². The number of furan rings is 1. The topological polar surface area (TPSA) is 127 Å². The standard InChI is InChI=1S/C24H22N4O3/c1-15-7-8-19(31-15)21-18-12-28(11-16-5-3-2-4-6-16)10-9-17(18)20(23(29)30)22(27)24(21,13-25)14-26/h2-9,18,21H,10-12,27H2,1H3,(H,29,30)/t18-,21+/m1/s1. The lowest BCUT2D eigenvalue weighted by Gasteiger charge is -2.45. The fourth-order valence-corrected chi connectivity index (χ4v) is 4.75. The molecular formula is C24H22N4O3. The number of nitriles is 2. The monoisotopic (exact) mass is 414 g/mol. The number of allylic oxidation sites excluding steroid dienone is 1. The Labute approximate surface area is 180 Å². The number of nitrogens with zero attached hydrogens (tertiary/aromatic N) is 3. The summed E-state index contributed by atoms with van der Waals surface area (Å²) >= 11 is 0. The van der Waals surface area contributed by atoms with Crippen LogP contribution in [0.1, 0.15) is 23.0 Å². The van der Waals surface area contributed by atoms with Crippen molar-refractivity contribution >= 4 is 5.97 Å². The molecule has 2 atom stereocenters. The average Bonchev–Trinajstić information content (AvgIpc) is 3.19. The Balaban J connectivity index is 1.86. The molecule has 0 unspecified atom stereocenters. The van der Waals surface area contributed by atoms with Gasteiger partial charge in [-0.25, -0.2) is 4.79 Å². The lowest BCUT2D eigenvalue weighted by atomic mass is 9.59. The summed E-state index contributed by atoms with van der Waals surface area (Å²) in [7, 11) is 0. The van der Waals surface area contributed by atoms with E-state index in [1.807, 2.05) is 48.5 Å². The third-order valence-electron chi connectivity index (χ3n) is 6.16. The van der Waals surface area contributed by atoms with Crippen LogP contribution in [0.5, 0.6) is 0 Å². The number of aliphatic carboxylic acids is 1. The number of hydrogen-bond donors (Lipinski definition) is 2. The van der Waals surface area contributed by atoms with E-state index in [0.29, 0.717) is 36.7 Å². The van der Waals surface area contributed by atoms with Gasteiger partial charge in [-0.1, -0.05) is 36.4 Å². The van der Waals surface area contributed by atoms with Crippen molar-refractivity contribution in [2.75, 3.05) is 13.1 Å². The molecule has 7 heteroatoms. The van der Waals surface area contributed by atoms with Crippen LogP contribution in [-0.2, 0) is 11.3 Å². The first kappa shape index (κ1) is 20.5. The van der Waals surface area contributed by atoms with Gasteiger partial charge >= 0.3 is 5.97 Å². The molecule has 156 valence electrons. The molecule has 1 aromatic carbocycles. The highest BCUT2D eigenvalue weighted by atomic mass is 16.4. The van der Waals surface area contributed by atoms with E-state index in [4.69, 9.17) is 10.2 Å². The van der Waals surface area contributed by atoms with E-state index in [-0.39, 0.29) is 11.3 Å². The number of carbonyl (C=O) groups is 1. The quantitative estimate of drug-likeness (QED) is 0.787. The highest BCUT2D eigenvalue weighted by Gasteiger charge is 2.56. The molecule has 4 rings (SSSR count). The van der Waals surface area contributed by atoms with Crippen LogP contribution in [0.3, 0.4) is 0 Å². The molecule has 31 heavy (non-hydrogen) atoms. The van der Waals surface area contributed by atoms with Gasteiger partial charge in [-0.15, -0.1) is 0 Å². The van der Waals surface area contributed by atoms with Gasteiger partial charge in [-0.2, -0.15) is 10.5 Å². The molecule has 0 spiro atoms. The molecule has 1 aliphatic carbocycles. The minimum absolute atomic E-state index is 0.132. The van der Waals surface area contributed by atoms with Gasteiger partial charge in [-0.3, -0.25) is 4.90 Å². The van der Waals surface area contributed by atoms with Gasteiger partial charge in [0.2, 0.25) is 0 Å². The Bertz CT molecular complexity index is 1150. The molecule has 0 radical (unpaired) electrons. The van der Waals surface area contributed by atoms with Crippen molar-refractivity contribution in [1.82, 2.24) is 4.90 Å². The van der Waals surface area contributed by atoms with Crippen LogP contribution in [-0.4, -0.2) is 29.1 Å². The van der Waals surface area contributed by atoms with Crippen molar-refractivity contribution in [2.45, 2.75) is 19.4 Å². The van der Waals surface area contributed by atoms with Crippen molar-refractivity contribution in [3.63, 3.8) is 0 Å². The number of carboxylic acid groups (broad SMARTS) is 1. The summed E-state index contributed by atoms with van der Waals surface area (Å²) in [6.45, 7) is 3.47. The summed E-state index contributed by atoms with van der Waals surface area (Å²) in [4.78, 5) is 14.3. The van der Waals surface area contributed by atoms with Crippen LogP contribution in [0.2, 0.25) is 0 Å². The Kier molecular flexibility index (Phi) is 5.14. The second-order valence-corrected chi connectivity index (χ2v) is 8.00. The van der Waals surface area contributed by atoms with Gasteiger partial charge in [0.1, 0.15) is 11.5 Å². The molecule has 2 heterocycles. The highest BCUT2D eigenvalue weighted by Crippen LogP contribution is 2.54. The summed E-state index contributed by atoms with van der Waals surface area (Å²) in [6, 6.07) is 17.6. The molecule has 7 nitrogen and oxygen atoms in total. The van der Waals surface area contributed by atoms with Crippen molar-refractivity contribution in [2.24, 2.45) is 17.1 Å². The zero-order chi connectivity index (χ0) is 22.2. The number of nitrogens with two attached hydrogens (primary N) is 1. The van der Waals surface area contributed by atoms with E-state index >= 15 is 0 Å². The van der Waals surface area contributed by atoms with E-state index in [0.717, 1.165) is 5.56 Å². The number of hydrogen-bond acceptors (Lipinski definition) is 6. The van der Waals surface area contributed by atoms with Crippen molar-refractivity contribution in [3.05, 3.63) is 82.5 Å². The number of rotatable bonds is 4. The zero-order valence-corrected chi connectivity index (χ0v) is 17.1. The molecule has 0 fully saturated rings. The van der Waals surface area contributed by atoms with Crippen molar-refractivity contribution in [3.8, 4) is 12.1 Å². The molecule has 3 N–H and O–H groups in total. The first-order valence-corrected chi connectivity index (χ1v) is 10.0. The van der Waals surface area contributed by atoms with Crippen LogP contribution in [0.25, 0.3) is 0 Å². The van der Waals surface area contributed by atoms with Crippen molar-refractivity contribution < 1.29 is 14.3 Å². The summed E-state index contributed by atoms with van der Waals surface area (Å²) in [5, 5.41) is 30.1. The molecule has 1 aromatic heterocycles. The van der Waals surface area contributed by atoms with Gasteiger partial charge in [0, 0.05) is 25.6 Å². The molecule has 1 aliphatic heterocycles. The fourth-order valence-electron chi connectivity index (χ4n) is 4.75. The Hall–Kier alpha value is -3.81. The number of aryl methyl sites for hydroxylation is 1. The molecular weight excluding hydrogens is 392 g/mol. The molecule has 0 amide bonds. The van der Waals surface area contributed by atoms with Crippen LogP contribution >= 0.6 is 0 Å². The number of carboxylic acids is 1. The number of benzene rings is 1. The van der Waals surface area contributed by atoms with Crippen molar-refractivity contribution in [1.29, 1.82) is 10.5 Å². The number of fused-ring (bicyclic) bond motifs is 1. The van der Waals surface area contributed by atoms with E-state index < -0.39 is 23.2 Å². The second kappa shape index (κ2) is 7.79. The van der Waals surface area contributed by atoms with Gasteiger partial charge < -0.3 is 15.3 Å². The largest absolute Gasteiger partial charge is 0.478 e. The van der Waals surface area contributed by atoms with E-state index in [1.54, 1.807) is 19.1 Å². The van der Waals surface area contributed by atoms with E-state index in [2.05, 4.69) is 4.90 Å². The SMILES string of the molecule is Cc1ccc([C@@H]2[C@@H]3CN(Cc4ccccc4)CC=C3C(C(=O)O)=C(N)C2(C#N)C#N)o1. The molecule has 2 aromatic rings. The van der Waals surface area contributed by atoms with Crippen LogP contribution < -0.4 is 5.73 Å². The third-order valence-corrected chi connectivity index (χ3v) is 6.16. The minimum atomic E-state index is -1.84. The summed E-state index contributed by atoms with van der Waals surface area (Å²) in [6.07, 6.45) is 1.86. The Morgan fingerprint density at radius 2 is 1.97 bits per heavy atom. The second-order valence-electron chi connectivity index (χ2n) is 8.00. The highest BCUT2D eigenvalue weighted by molar-refractivity contribution is 5.94. The molecule has 2 aliphatic rings. The van der Waals surface area contributed by atoms with Gasteiger partial charge in [-0.05, 0) is 30.2 Å². The summed E-state index contributed by atoms with van der Waals surface area (Å²) < 4.78 is 5.85. The predicted octanol–water partition coefficient (Wildman–Crippen LogP) is 3.07. The third kappa shape index (κ3) is 3.30. The maximum absolute atomic E-state index is 12.1. The minimum Gasteiger partial charge on any atom is -0.478 e. The van der Waals surface area contributed by atoms with Gasteiger partial charge in [0.05, 0.1) is 29.3 Å². The lowest BCUT2D eigenvalue weighted by Crippen LogP contribution is -2.48. The average molecular weight is 414 g/mol. The molecule has 0 saturated carbocycles. The molecule has 0 bridgehead atoms. The lowest BCUT2D eigenvalue weighted by molar-refractivity contribution is -0.132. The first-order chi connectivity index (χ1) is 14.9. The normalized spacial score (nSPS) is 22.7. The van der Waals surface area contributed by atoms with Crippen LogP contribution in [0, 0.1) is 40.9 Å². The van der Waals surface area contributed by atoms with Gasteiger partial charge in [0.15, 0.2) is 5.41 Å². The predicted molar refractivity (Wildman–Crippen MR) is 112 cm³/mol. The molecule has 0 saturated heterocycles. The van der Waals surface area contributed by atoms with E-state index in [1.165, 1.54) is 0 Å². The van der Waals surface area contributed by atoms with Gasteiger partial charge in [0.25, 0.3) is 0 Å². The Morgan fingerprint density at radius 3 is 2.55 bits per heavy atom. The Morgan fingerprint density at radius 1 is 1.26 bits per heavy atom. The fraction of sp³-hybridized carbons (Fsp3) is 0.292.